The molecule has 0 radical (unpaired) electrons. The molecule has 0 bridgehead atoms. The van der Waals surface area contributed by atoms with Gasteiger partial charge in [0.15, 0.2) is 0 Å². The van der Waals surface area contributed by atoms with Gasteiger partial charge in [-0.25, -0.2) is 0 Å². The number of nitrogens with one attached hydrogen (secondary N) is 2. The van der Waals surface area contributed by atoms with Crippen molar-refractivity contribution in [2.75, 3.05) is 39.4 Å². The van der Waals surface area contributed by atoms with Crippen molar-refractivity contribution in [2.24, 2.45) is 0 Å². The minimum atomic E-state index is -0.319. The number of rotatable bonds is 5. The predicted octanol–water partition coefficient (Wildman–Crippen LogP) is -0.348. The number of hydrogen-bond acceptors (Lipinski definition) is 5. The Labute approximate surface area is 134 Å². The SMILES string of the molecule is O=C(CCN1C(=O)c2ccccc2C1=O)NCN1CCNCC1. The van der Waals surface area contributed by atoms with Crippen LogP contribution in [0.5, 0.6) is 0 Å². The number of imide groups is 1. The molecule has 1 aromatic rings. The molecule has 2 aliphatic heterocycles. The first-order chi connectivity index (χ1) is 11.2. The van der Waals surface area contributed by atoms with Crippen LogP contribution in [0.3, 0.4) is 0 Å². The number of nitrogens with zero attached hydrogens (tertiary/aromatic N) is 2. The molecule has 0 aromatic heterocycles. The third-order valence-corrected chi connectivity index (χ3v) is 4.15. The molecule has 0 atom stereocenters. The Kier molecular flexibility index (Phi) is 4.68. The van der Waals surface area contributed by atoms with Crippen molar-refractivity contribution >= 4 is 17.7 Å². The lowest BCUT2D eigenvalue weighted by molar-refractivity contribution is -0.121. The van der Waals surface area contributed by atoms with Crippen LogP contribution in [-0.2, 0) is 4.79 Å². The summed E-state index contributed by atoms with van der Waals surface area (Å²) in [6.45, 7) is 4.26. The molecule has 2 N–H and O–H groups in total. The Balaban J connectivity index is 1.48. The minimum absolute atomic E-state index is 0.111. The van der Waals surface area contributed by atoms with Gasteiger partial charge in [-0.3, -0.25) is 24.2 Å². The van der Waals surface area contributed by atoms with E-state index in [4.69, 9.17) is 0 Å². The molecule has 3 amide bonds. The van der Waals surface area contributed by atoms with Crippen LogP contribution in [0.15, 0.2) is 24.3 Å². The molecule has 23 heavy (non-hydrogen) atoms. The summed E-state index contributed by atoms with van der Waals surface area (Å²) in [5.41, 5.74) is 0.831. The van der Waals surface area contributed by atoms with Gasteiger partial charge in [-0.2, -0.15) is 0 Å². The Morgan fingerprint density at radius 1 is 1.09 bits per heavy atom. The quantitative estimate of drug-likeness (QED) is 0.726. The normalized spacial score (nSPS) is 18.2. The van der Waals surface area contributed by atoms with Crippen LogP contribution >= 0.6 is 0 Å². The monoisotopic (exact) mass is 316 g/mol. The van der Waals surface area contributed by atoms with E-state index < -0.39 is 0 Å². The van der Waals surface area contributed by atoms with Gasteiger partial charge in [0, 0.05) is 39.1 Å². The van der Waals surface area contributed by atoms with E-state index in [2.05, 4.69) is 15.5 Å². The second-order valence-corrected chi connectivity index (χ2v) is 5.68. The molecule has 0 aliphatic carbocycles. The molecular formula is C16H20N4O3. The maximum atomic E-state index is 12.2. The molecule has 2 aliphatic rings. The first-order valence-electron chi connectivity index (χ1n) is 7.82. The van der Waals surface area contributed by atoms with E-state index >= 15 is 0 Å². The van der Waals surface area contributed by atoms with Crippen molar-refractivity contribution in [2.45, 2.75) is 6.42 Å². The van der Waals surface area contributed by atoms with Crippen LogP contribution in [0.4, 0.5) is 0 Å². The number of carbonyl (C=O) groups excluding carboxylic acids is 3. The van der Waals surface area contributed by atoms with E-state index in [1.807, 2.05) is 0 Å². The van der Waals surface area contributed by atoms with Crippen molar-refractivity contribution in [3.8, 4) is 0 Å². The number of carbonyl (C=O) groups is 3. The van der Waals surface area contributed by atoms with E-state index in [0.29, 0.717) is 17.8 Å². The maximum absolute atomic E-state index is 12.2. The van der Waals surface area contributed by atoms with E-state index in [1.54, 1.807) is 24.3 Å². The standard InChI is InChI=1S/C16H20N4O3/c21-14(18-11-19-9-6-17-7-10-19)5-8-20-15(22)12-3-1-2-4-13(12)16(20)23/h1-4,17H,5-11H2,(H,18,21). The lowest BCUT2D eigenvalue weighted by Gasteiger charge is -2.27. The molecule has 0 saturated carbocycles. The number of fused-ring (bicyclic) bond motifs is 1. The topological polar surface area (TPSA) is 81.8 Å². The van der Waals surface area contributed by atoms with Gasteiger partial charge in [0.2, 0.25) is 5.91 Å². The Bertz CT molecular complexity index is 591. The Morgan fingerprint density at radius 3 is 2.30 bits per heavy atom. The van der Waals surface area contributed by atoms with E-state index in [0.717, 1.165) is 31.1 Å². The summed E-state index contributed by atoms with van der Waals surface area (Å²) in [6, 6.07) is 6.74. The zero-order valence-corrected chi connectivity index (χ0v) is 12.9. The molecule has 1 saturated heterocycles. The van der Waals surface area contributed by atoms with Gasteiger partial charge < -0.3 is 10.6 Å². The third kappa shape index (κ3) is 3.40. The van der Waals surface area contributed by atoms with Gasteiger partial charge in [-0.15, -0.1) is 0 Å². The van der Waals surface area contributed by atoms with Gasteiger partial charge in [-0.05, 0) is 12.1 Å². The predicted molar refractivity (Wildman–Crippen MR) is 83.9 cm³/mol. The smallest absolute Gasteiger partial charge is 0.261 e. The van der Waals surface area contributed by atoms with Gasteiger partial charge in [0.1, 0.15) is 0 Å². The van der Waals surface area contributed by atoms with Gasteiger partial charge in [0.05, 0.1) is 17.8 Å². The highest BCUT2D eigenvalue weighted by Gasteiger charge is 2.34. The number of piperazine rings is 1. The van der Waals surface area contributed by atoms with Crippen LogP contribution in [0, 0.1) is 0 Å². The second-order valence-electron chi connectivity index (χ2n) is 5.68. The summed E-state index contributed by atoms with van der Waals surface area (Å²) < 4.78 is 0. The van der Waals surface area contributed by atoms with Crippen LogP contribution in [-0.4, -0.2) is 66.9 Å². The van der Waals surface area contributed by atoms with Gasteiger partial charge >= 0.3 is 0 Å². The van der Waals surface area contributed by atoms with Crippen LogP contribution in [0.25, 0.3) is 0 Å². The molecule has 7 heteroatoms. The van der Waals surface area contributed by atoms with Gasteiger partial charge in [0.25, 0.3) is 11.8 Å². The third-order valence-electron chi connectivity index (χ3n) is 4.15. The van der Waals surface area contributed by atoms with E-state index in [-0.39, 0.29) is 30.7 Å². The van der Waals surface area contributed by atoms with E-state index in [1.165, 1.54) is 0 Å². The zero-order valence-electron chi connectivity index (χ0n) is 12.9. The number of benzene rings is 1. The first kappa shape index (κ1) is 15.6. The summed E-state index contributed by atoms with van der Waals surface area (Å²) in [4.78, 5) is 39.6. The average Bonchev–Trinajstić information content (AvgIpc) is 2.83. The summed E-state index contributed by atoms with van der Waals surface area (Å²) in [5, 5.41) is 6.08. The fraction of sp³-hybridized carbons (Fsp3) is 0.438. The Hall–Kier alpha value is -2.25. The van der Waals surface area contributed by atoms with Gasteiger partial charge in [-0.1, -0.05) is 12.1 Å². The molecule has 0 spiro atoms. The molecule has 2 heterocycles. The number of amides is 3. The van der Waals surface area contributed by atoms with Crippen molar-refractivity contribution in [3.63, 3.8) is 0 Å². The molecule has 0 unspecified atom stereocenters. The number of hydrogen-bond donors (Lipinski definition) is 2. The van der Waals surface area contributed by atoms with Crippen LogP contribution < -0.4 is 10.6 Å². The maximum Gasteiger partial charge on any atom is 0.261 e. The van der Waals surface area contributed by atoms with Crippen LogP contribution in [0.2, 0.25) is 0 Å². The molecular weight excluding hydrogens is 296 g/mol. The fourth-order valence-corrected chi connectivity index (χ4v) is 2.81. The lowest BCUT2D eigenvalue weighted by Crippen LogP contribution is -2.48. The summed E-state index contributed by atoms with van der Waals surface area (Å²) in [5.74, 6) is -0.791. The summed E-state index contributed by atoms with van der Waals surface area (Å²) in [6.07, 6.45) is 0.123. The second kappa shape index (κ2) is 6.89. The van der Waals surface area contributed by atoms with Crippen molar-refractivity contribution in [1.29, 1.82) is 0 Å². The lowest BCUT2D eigenvalue weighted by atomic mass is 10.1. The van der Waals surface area contributed by atoms with Crippen molar-refractivity contribution in [1.82, 2.24) is 20.4 Å². The molecule has 1 aromatic carbocycles. The minimum Gasteiger partial charge on any atom is -0.343 e. The summed E-state index contributed by atoms with van der Waals surface area (Å²) >= 11 is 0. The van der Waals surface area contributed by atoms with Crippen molar-refractivity contribution in [3.05, 3.63) is 35.4 Å². The zero-order chi connectivity index (χ0) is 16.2. The van der Waals surface area contributed by atoms with Crippen LogP contribution in [0.1, 0.15) is 27.1 Å². The molecule has 3 rings (SSSR count). The Morgan fingerprint density at radius 2 is 1.70 bits per heavy atom. The highest BCUT2D eigenvalue weighted by molar-refractivity contribution is 6.21. The molecule has 122 valence electrons. The average molecular weight is 316 g/mol. The summed E-state index contributed by atoms with van der Waals surface area (Å²) in [7, 11) is 0. The molecule has 1 fully saturated rings. The highest BCUT2D eigenvalue weighted by atomic mass is 16.2. The van der Waals surface area contributed by atoms with Crippen molar-refractivity contribution < 1.29 is 14.4 Å². The fourth-order valence-electron chi connectivity index (χ4n) is 2.81. The largest absolute Gasteiger partial charge is 0.343 e. The van der Waals surface area contributed by atoms with E-state index in [9.17, 15) is 14.4 Å². The first-order valence-corrected chi connectivity index (χ1v) is 7.82. The molecule has 7 nitrogen and oxygen atoms in total. The highest BCUT2D eigenvalue weighted by Crippen LogP contribution is 2.22.